The van der Waals surface area contributed by atoms with Crippen LogP contribution in [0, 0.1) is 5.92 Å². The fourth-order valence-corrected chi connectivity index (χ4v) is 4.88. The Kier molecular flexibility index (Phi) is 7.08. The standard InChI is InChI=1S/C27H35N3O/c1-3-21-9-7-10-22(17-21)14-16-29-15-8-11-23(19-29)20-30(4-2)27(31)25-18-28-26-13-6-5-12-24(25)26/h5-7,9-10,12-13,17-18,23,28H,3-4,8,11,14-16,19-20H2,1-2H3. The number of carbonyl (C=O) groups excluding carboxylic acids is 1. The van der Waals surface area contributed by atoms with Gasteiger partial charge in [0, 0.05) is 43.3 Å². The minimum atomic E-state index is 0.147. The Balaban J connectivity index is 1.35. The summed E-state index contributed by atoms with van der Waals surface area (Å²) in [6.07, 6.45) is 6.49. The van der Waals surface area contributed by atoms with Crippen molar-refractivity contribution in [3.05, 3.63) is 71.4 Å². The summed E-state index contributed by atoms with van der Waals surface area (Å²) < 4.78 is 0. The summed E-state index contributed by atoms with van der Waals surface area (Å²) in [5.74, 6) is 0.693. The molecule has 0 aliphatic carbocycles. The lowest BCUT2D eigenvalue weighted by Gasteiger charge is -2.35. The normalized spacial score (nSPS) is 17.2. The molecule has 4 nitrogen and oxygen atoms in total. The first-order valence-corrected chi connectivity index (χ1v) is 11.8. The number of nitrogens with one attached hydrogen (secondary N) is 1. The number of piperidine rings is 1. The highest BCUT2D eigenvalue weighted by molar-refractivity contribution is 6.06. The largest absolute Gasteiger partial charge is 0.360 e. The Morgan fingerprint density at radius 2 is 1.97 bits per heavy atom. The average Bonchev–Trinajstić information content (AvgIpc) is 3.25. The molecule has 1 aromatic heterocycles. The van der Waals surface area contributed by atoms with E-state index in [1.165, 1.54) is 30.5 Å². The molecule has 1 aliphatic heterocycles. The van der Waals surface area contributed by atoms with Gasteiger partial charge in [-0.25, -0.2) is 0 Å². The fraction of sp³-hybridized carbons (Fsp3) is 0.444. The van der Waals surface area contributed by atoms with Crippen molar-refractivity contribution in [3.8, 4) is 0 Å². The summed E-state index contributed by atoms with van der Waals surface area (Å²) in [5.41, 5.74) is 4.67. The van der Waals surface area contributed by atoms with Gasteiger partial charge in [0.1, 0.15) is 0 Å². The SMILES string of the molecule is CCc1cccc(CCN2CCCC(CN(CC)C(=O)c3c[nH]c4ccccc34)C2)c1. The van der Waals surface area contributed by atoms with E-state index in [2.05, 4.69) is 48.0 Å². The van der Waals surface area contributed by atoms with Crippen LogP contribution in [0.25, 0.3) is 10.9 Å². The van der Waals surface area contributed by atoms with Crippen LogP contribution in [0.2, 0.25) is 0 Å². The zero-order chi connectivity index (χ0) is 21.6. The smallest absolute Gasteiger partial charge is 0.256 e. The van der Waals surface area contributed by atoms with Gasteiger partial charge in [0.05, 0.1) is 5.56 Å². The number of rotatable bonds is 8. The van der Waals surface area contributed by atoms with E-state index < -0.39 is 0 Å². The average molecular weight is 418 g/mol. The van der Waals surface area contributed by atoms with Crippen molar-refractivity contribution in [3.63, 3.8) is 0 Å². The molecule has 1 unspecified atom stereocenters. The fourth-order valence-electron chi connectivity index (χ4n) is 4.88. The molecule has 1 atom stereocenters. The first-order valence-electron chi connectivity index (χ1n) is 11.8. The number of nitrogens with zero attached hydrogens (tertiary/aromatic N) is 2. The highest BCUT2D eigenvalue weighted by Gasteiger charge is 2.25. The van der Waals surface area contributed by atoms with Crippen molar-refractivity contribution in [1.29, 1.82) is 0 Å². The highest BCUT2D eigenvalue weighted by atomic mass is 16.2. The number of fused-ring (bicyclic) bond motifs is 1. The first-order chi connectivity index (χ1) is 15.2. The molecule has 2 aromatic carbocycles. The molecule has 0 radical (unpaired) electrons. The van der Waals surface area contributed by atoms with Crippen molar-refractivity contribution < 1.29 is 4.79 Å². The lowest BCUT2D eigenvalue weighted by molar-refractivity contribution is 0.0692. The number of amides is 1. The van der Waals surface area contributed by atoms with Crippen molar-refractivity contribution in [2.45, 2.75) is 39.5 Å². The van der Waals surface area contributed by atoms with E-state index in [4.69, 9.17) is 0 Å². The van der Waals surface area contributed by atoms with E-state index in [-0.39, 0.29) is 5.91 Å². The molecule has 4 heteroatoms. The molecule has 0 spiro atoms. The molecule has 1 N–H and O–H groups in total. The van der Waals surface area contributed by atoms with E-state index >= 15 is 0 Å². The van der Waals surface area contributed by atoms with Crippen LogP contribution in [0.3, 0.4) is 0 Å². The van der Waals surface area contributed by atoms with E-state index in [9.17, 15) is 4.79 Å². The molecule has 1 saturated heterocycles. The molecule has 2 heterocycles. The predicted octanol–water partition coefficient (Wildman–Crippen LogP) is 5.15. The number of hydrogen-bond acceptors (Lipinski definition) is 2. The molecule has 1 amide bonds. The minimum Gasteiger partial charge on any atom is -0.360 e. The number of hydrogen-bond donors (Lipinski definition) is 1. The quantitative estimate of drug-likeness (QED) is 0.551. The van der Waals surface area contributed by atoms with Gasteiger partial charge in [-0.05, 0) is 62.3 Å². The van der Waals surface area contributed by atoms with Crippen LogP contribution in [0.5, 0.6) is 0 Å². The van der Waals surface area contributed by atoms with Crippen LogP contribution >= 0.6 is 0 Å². The Morgan fingerprint density at radius 3 is 2.81 bits per heavy atom. The maximum atomic E-state index is 13.3. The molecule has 0 bridgehead atoms. The second kappa shape index (κ2) is 10.1. The van der Waals surface area contributed by atoms with Gasteiger partial charge in [-0.15, -0.1) is 0 Å². The summed E-state index contributed by atoms with van der Waals surface area (Å²) in [6, 6.07) is 17.0. The number of benzene rings is 2. The summed E-state index contributed by atoms with van der Waals surface area (Å²) >= 11 is 0. The number of aromatic amines is 1. The van der Waals surface area contributed by atoms with Gasteiger partial charge in [-0.2, -0.15) is 0 Å². The van der Waals surface area contributed by atoms with Gasteiger partial charge in [-0.3, -0.25) is 4.79 Å². The maximum absolute atomic E-state index is 13.3. The van der Waals surface area contributed by atoms with E-state index in [1.807, 2.05) is 35.4 Å². The van der Waals surface area contributed by atoms with Gasteiger partial charge >= 0.3 is 0 Å². The highest BCUT2D eigenvalue weighted by Crippen LogP contribution is 2.22. The molecular weight excluding hydrogens is 382 g/mol. The van der Waals surface area contributed by atoms with Crippen LogP contribution in [-0.2, 0) is 12.8 Å². The monoisotopic (exact) mass is 417 g/mol. The van der Waals surface area contributed by atoms with Gasteiger partial charge in [0.15, 0.2) is 0 Å². The first kappa shape index (κ1) is 21.6. The van der Waals surface area contributed by atoms with Gasteiger partial charge in [0.2, 0.25) is 0 Å². The zero-order valence-corrected chi connectivity index (χ0v) is 18.9. The number of likely N-dealkylation sites (tertiary alicyclic amines) is 1. The van der Waals surface area contributed by atoms with Crippen LogP contribution in [0.4, 0.5) is 0 Å². The van der Waals surface area contributed by atoms with E-state index in [0.29, 0.717) is 5.92 Å². The van der Waals surface area contributed by atoms with Crippen LogP contribution in [0.15, 0.2) is 54.7 Å². The molecule has 4 rings (SSSR count). The van der Waals surface area contributed by atoms with Crippen LogP contribution in [-0.4, -0.2) is 53.4 Å². The molecule has 31 heavy (non-hydrogen) atoms. The summed E-state index contributed by atoms with van der Waals surface area (Å²) in [6.45, 7) is 9.26. The lowest BCUT2D eigenvalue weighted by atomic mass is 9.96. The van der Waals surface area contributed by atoms with E-state index in [1.54, 1.807) is 0 Å². The third-order valence-corrected chi connectivity index (χ3v) is 6.69. The third kappa shape index (κ3) is 5.19. The maximum Gasteiger partial charge on any atom is 0.256 e. The third-order valence-electron chi connectivity index (χ3n) is 6.69. The molecule has 164 valence electrons. The lowest BCUT2D eigenvalue weighted by Crippen LogP contribution is -2.43. The molecule has 3 aromatic rings. The second-order valence-corrected chi connectivity index (χ2v) is 8.82. The van der Waals surface area contributed by atoms with Gasteiger partial charge in [0.25, 0.3) is 5.91 Å². The van der Waals surface area contributed by atoms with Crippen molar-refractivity contribution in [2.75, 3.05) is 32.7 Å². The van der Waals surface area contributed by atoms with Crippen molar-refractivity contribution >= 4 is 16.8 Å². The summed E-state index contributed by atoms with van der Waals surface area (Å²) in [5, 5.41) is 1.02. The Bertz CT molecular complexity index is 1010. The number of para-hydroxylation sites is 1. The predicted molar refractivity (Wildman–Crippen MR) is 129 cm³/mol. The summed E-state index contributed by atoms with van der Waals surface area (Å²) in [7, 11) is 0. The zero-order valence-electron chi connectivity index (χ0n) is 18.9. The molecular formula is C27H35N3O. The number of carbonyl (C=O) groups is 1. The molecule has 0 saturated carbocycles. The van der Waals surface area contributed by atoms with Gasteiger partial charge in [-0.1, -0.05) is 49.4 Å². The number of aromatic nitrogens is 1. The Hall–Kier alpha value is -2.59. The Labute approximate surface area is 186 Å². The van der Waals surface area contributed by atoms with Crippen LogP contribution < -0.4 is 0 Å². The van der Waals surface area contributed by atoms with Crippen LogP contribution in [0.1, 0.15) is 48.2 Å². The number of aryl methyl sites for hydroxylation is 1. The van der Waals surface area contributed by atoms with Crippen molar-refractivity contribution in [1.82, 2.24) is 14.8 Å². The number of H-pyrrole nitrogens is 1. The minimum absolute atomic E-state index is 0.147. The van der Waals surface area contributed by atoms with Gasteiger partial charge < -0.3 is 14.8 Å². The topological polar surface area (TPSA) is 39.3 Å². The Morgan fingerprint density at radius 1 is 1.13 bits per heavy atom. The van der Waals surface area contributed by atoms with Crippen molar-refractivity contribution in [2.24, 2.45) is 5.92 Å². The van der Waals surface area contributed by atoms with E-state index in [0.717, 1.165) is 55.5 Å². The molecule has 1 fully saturated rings. The second-order valence-electron chi connectivity index (χ2n) is 8.82. The summed E-state index contributed by atoms with van der Waals surface area (Å²) in [4.78, 5) is 21.1. The molecule has 1 aliphatic rings.